The number of aliphatic hydroxyl groups excluding tert-OH is 1. The van der Waals surface area contributed by atoms with Crippen molar-refractivity contribution >= 4 is 23.0 Å². The number of Topliss-reactive ketones (excluding diaryl/α,β-unsaturated/α-hetero) is 1. The highest BCUT2D eigenvalue weighted by atomic mass is 16.3. The van der Waals surface area contributed by atoms with Gasteiger partial charge in [0.05, 0.1) is 12.3 Å². The normalized spacial score (nSPS) is 17.3. The van der Waals surface area contributed by atoms with E-state index in [-0.39, 0.29) is 24.0 Å². The van der Waals surface area contributed by atoms with Crippen LogP contribution in [0.3, 0.4) is 0 Å². The first-order valence-corrected chi connectivity index (χ1v) is 10.6. The minimum absolute atomic E-state index is 0.0592. The number of benzene rings is 2. The lowest BCUT2D eigenvalue weighted by atomic mass is 9.91. The number of ketones is 1. The Morgan fingerprint density at radius 3 is 2.81 bits per heavy atom. The molecule has 0 saturated heterocycles. The van der Waals surface area contributed by atoms with E-state index >= 15 is 0 Å². The van der Waals surface area contributed by atoms with Crippen molar-refractivity contribution in [3.05, 3.63) is 101 Å². The number of aromatic nitrogens is 2. The number of aryl methyl sites for hydroxylation is 1. The second-order valence-electron chi connectivity index (χ2n) is 8.26. The lowest BCUT2D eigenvalue weighted by Crippen LogP contribution is -2.18. The van der Waals surface area contributed by atoms with Crippen LogP contribution in [0.5, 0.6) is 0 Å². The van der Waals surface area contributed by atoms with E-state index in [0.29, 0.717) is 29.0 Å². The number of rotatable bonds is 5. The Morgan fingerprint density at radius 2 is 1.94 bits per heavy atom. The van der Waals surface area contributed by atoms with E-state index in [9.17, 15) is 14.7 Å². The molecule has 2 atom stereocenters. The van der Waals surface area contributed by atoms with Crippen molar-refractivity contribution in [2.75, 3.05) is 5.32 Å². The number of aliphatic hydroxyl groups is 1. The third-order valence-electron chi connectivity index (χ3n) is 6.21. The molecule has 0 saturated carbocycles. The van der Waals surface area contributed by atoms with Crippen molar-refractivity contribution in [2.24, 2.45) is 0 Å². The van der Waals surface area contributed by atoms with Gasteiger partial charge in [0.25, 0.3) is 5.91 Å². The fourth-order valence-corrected chi connectivity index (χ4v) is 4.44. The number of amides is 1. The number of pyridine rings is 1. The molecule has 2 aromatic heterocycles. The molecule has 2 N–H and O–H groups in total. The van der Waals surface area contributed by atoms with Crippen molar-refractivity contribution in [1.82, 2.24) is 9.38 Å². The van der Waals surface area contributed by atoms with E-state index < -0.39 is 6.10 Å². The number of imidazole rings is 1. The number of nitrogens with one attached hydrogen (secondary N) is 1. The van der Waals surface area contributed by atoms with Gasteiger partial charge in [0.2, 0.25) is 0 Å². The van der Waals surface area contributed by atoms with Crippen molar-refractivity contribution in [3.63, 3.8) is 0 Å². The summed E-state index contributed by atoms with van der Waals surface area (Å²) >= 11 is 0. The highest BCUT2D eigenvalue weighted by molar-refractivity contribution is 6.05. The van der Waals surface area contributed by atoms with Crippen LogP contribution >= 0.6 is 0 Å². The first-order valence-electron chi connectivity index (χ1n) is 10.6. The Morgan fingerprint density at radius 1 is 1.12 bits per heavy atom. The van der Waals surface area contributed by atoms with E-state index in [1.165, 1.54) is 6.20 Å². The number of fused-ring (bicyclic) bond motifs is 2. The summed E-state index contributed by atoms with van der Waals surface area (Å²) in [6, 6.07) is 18.7. The molecule has 0 radical (unpaired) electrons. The Bertz CT molecular complexity index is 1340. The highest BCUT2D eigenvalue weighted by Gasteiger charge is 2.32. The van der Waals surface area contributed by atoms with Crippen molar-refractivity contribution < 1.29 is 14.7 Å². The van der Waals surface area contributed by atoms with Gasteiger partial charge < -0.3 is 10.4 Å². The van der Waals surface area contributed by atoms with Gasteiger partial charge in [0, 0.05) is 29.8 Å². The zero-order chi connectivity index (χ0) is 22.2. The van der Waals surface area contributed by atoms with E-state index in [2.05, 4.69) is 10.3 Å². The molecule has 2 aromatic carbocycles. The third-order valence-corrected chi connectivity index (χ3v) is 6.21. The van der Waals surface area contributed by atoms with Crippen LogP contribution in [0.25, 0.3) is 5.65 Å². The molecule has 0 spiro atoms. The molecule has 32 heavy (non-hydrogen) atoms. The first kappa shape index (κ1) is 20.2. The maximum atomic E-state index is 13.1. The lowest BCUT2D eigenvalue weighted by Gasteiger charge is -2.16. The van der Waals surface area contributed by atoms with Gasteiger partial charge in [-0.25, -0.2) is 4.98 Å². The quantitative estimate of drug-likeness (QED) is 0.470. The Labute approximate surface area is 185 Å². The van der Waals surface area contributed by atoms with Crippen LogP contribution in [0.4, 0.5) is 5.69 Å². The van der Waals surface area contributed by atoms with Gasteiger partial charge in [-0.2, -0.15) is 0 Å². The minimum atomic E-state index is -0.559. The molecule has 4 aromatic rings. The molecule has 160 valence electrons. The second-order valence-corrected chi connectivity index (χ2v) is 8.26. The van der Waals surface area contributed by atoms with Crippen LogP contribution in [0.15, 0.2) is 73.1 Å². The van der Waals surface area contributed by atoms with E-state index in [0.717, 1.165) is 16.7 Å². The van der Waals surface area contributed by atoms with E-state index in [1.807, 2.05) is 55.5 Å². The molecular formula is C26H23N3O3. The van der Waals surface area contributed by atoms with E-state index in [1.54, 1.807) is 22.7 Å². The van der Waals surface area contributed by atoms with Crippen molar-refractivity contribution in [1.29, 1.82) is 0 Å². The number of anilines is 1. The zero-order valence-corrected chi connectivity index (χ0v) is 17.7. The van der Waals surface area contributed by atoms with Crippen LogP contribution in [0.2, 0.25) is 0 Å². The largest absolute Gasteiger partial charge is 0.392 e. The highest BCUT2D eigenvalue weighted by Crippen LogP contribution is 2.36. The lowest BCUT2D eigenvalue weighted by molar-refractivity contribution is 0.0920. The van der Waals surface area contributed by atoms with E-state index in [4.69, 9.17) is 0 Å². The fraction of sp³-hybridized carbons (Fsp3) is 0.192. The van der Waals surface area contributed by atoms with Gasteiger partial charge in [0.15, 0.2) is 5.78 Å². The minimum Gasteiger partial charge on any atom is -0.392 e. The number of carbonyl (C=O) groups is 2. The first-order chi connectivity index (χ1) is 15.5. The molecular weight excluding hydrogens is 402 g/mol. The maximum Gasteiger partial charge on any atom is 0.274 e. The standard InChI is InChI=1S/C26H23N3O3/c1-16-9-10-18(23(30)14-20-19-7-3-2-6-17(19)13-24(20)31)12-21(16)28-26(32)22-15-27-25-8-4-5-11-29(22)25/h2-12,15,20,24,31H,13-14H2,1H3,(H,28,32)/t20-,24-/m1/s1. The third kappa shape index (κ3) is 3.59. The molecule has 0 bridgehead atoms. The summed E-state index contributed by atoms with van der Waals surface area (Å²) in [5.74, 6) is -0.566. The summed E-state index contributed by atoms with van der Waals surface area (Å²) in [4.78, 5) is 30.2. The van der Waals surface area contributed by atoms with Crippen LogP contribution < -0.4 is 5.32 Å². The zero-order valence-electron chi connectivity index (χ0n) is 17.7. The topological polar surface area (TPSA) is 83.7 Å². The number of carbonyl (C=O) groups excluding carboxylic acids is 2. The van der Waals surface area contributed by atoms with Crippen LogP contribution in [-0.4, -0.2) is 32.3 Å². The fourth-order valence-electron chi connectivity index (χ4n) is 4.44. The predicted molar refractivity (Wildman–Crippen MR) is 122 cm³/mol. The van der Waals surface area contributed by atoms with Crippen molar-refractivity contribution in [2.45, 2.75) is 31.8 Å². The smallest absolute Gasteiger partial charge is 0.274 e. The van der Waals surface area contributed by atoms with Crippen LogP contribution in [0, 0.1) is 6.92 Å². The average Bonchev–Trinajstić information content (AvgIpc) is 3.36. The predicted octanol–water partition coefficient (Wildman–Crippen LogP) is 4.17. The average molecular weight is 425 g/mol. The Balaban J connectivity index is 1.37. The van der Waals surface area contributed by atoms with Gasteiger partial charge >= 0.3 is 0 Å². The van der Waals surface area contributed by atoms with Gasteiger partial charge in [-0.1, -0.05) is 42.5 Å². The van der Waals surface area contributed by atoms with Gasteiger partial charge in [-0.05, 0) is 48.2 Å². The number of nitrogens with zero attached hydrogens (tertiary/aromatic N) is 2. The SMILES string of the molecule is Cc1ccc(C(=O)C[C@@H]2c3ccccc3C[C@H]2O)cc1NC(=O)c1cnc2ccccn12. The van der Waals surface area contributed by atoms with Crippen LogP contribution in [-0.2, 0) is 6.42 Å². The molecule has 2 heterocycles. The summed E-state index contributed by atoms with van der Waals surface area (Å²) in [6.45, 7) is 1.88. The Hall–Kier alpha value is -3.77. The maximum absolute atomic E-state index is 13.1. The Kier molecular flexibility index (Phi) is 5.07. The summed E-state index contributed by atoms with van der Waals surface area (Å²) in [5, 5.41) is 13.4. The van der Waals surface area contributed by atoms with Crippen LogP contribution in [0.1, 0.15) is 49.9 Å². The monoisotopic (exact) mass is 425 g/mol. The molecule has 0 aliphatic heterocycles. The molecule has 1 aliphatic carbocycles. The number of hydrogen-bond donors (Lipinski definition) is 2. The molecule has 6 nitrogen and oxygen atoms in total. The summed E-state index contributed by atoms with van der Waals surface area (Å²) in [5.41, 5.74) is 5.20. The van der Waals surface area contributed by atoms with Crippen molar-refractivity contribution in [3.8, 4) is 0 Å². The molecule has 0 fully saturated rings. The number of hydrogen-bond acceptors (Lipinski definition) is 4. The summed E-state index contributed by atoms with van der Waals surface area (Å²) in [6.07, 6.45) is 3.56. The molecule has 1 amide bonds. The summed E-state index contributed by atoms with van der Waals surface area (Å²) in [7, 11) is 0. The second kappa shape index (κ2) is 8.05. The summed E-state index contributed by atoms with van der Waals surface area (Å²) < 4.78 is 1.72. The molecule has 5 rings (SSSR count). The van der Waals surface area contributed by atoms with Gasteiger partial charge in [-0.3, -0.25) is 14.0 Å². The van der Waals surface area contributed by atoms with Gasteiger partial charge in [-0.15, -0.1) is 0 Å². The molecule has 6 heteroatoms. The molecule has 1 aliphatic rings. The molecule has 0 unspecified atom stereocenters. The van der Waals surface area contributed by atoms with Gasteiger partial charge in [0.1, 0.15) is 11.3 Å².